The van der Waals surface area contributed by atoms with E-state index in [0.717, 1.165) is 12.8 Å². The second-order valence-corrected chi connectivity index (χ2v) is 9.38. The maximum absolute atomic E-state index is 10.1. The van der Waals surface area contributed by atoms with Gasteiger partial charge in [0.2, 0.25) is 0 Å². The van der Waals surface area contributed by atoms with Crippen LogP contribution in [0.3, 0.4) is 0 Å². The van der Waals surface area contributed by atoms with Crippen LogP contribution in [-0.4, -0.2) is 219 Å². The molecule has 0 unspecified atom stereocenters. The highest BCUT2D eigenvalue weighted by molar-refractivity contribution is 5.66. The van der Waals surface area contributed by atoms with E-state index in [1.54, 1.807) is 0 Å². The summed E-state index contributed by atoms with van der Waals surface area (Å²) in [5.74, 6) is -0.663. The monoisotopic (exact) mass is 724 g/mol. The molecule has 0 fully saturated rings. The number of aliphatic hydroxyl groups excluding tert-OH is 18. The van der Waals surface area contributed by atoms with Crippen LogP contribution in [0.4, 0.5) is 0 Å². The number of hydrogen-bond acceptors (Lipinski definition) is 19. The molecule has 0 bridgehead atoms. The topological polar surface area (TPSA) is 401 Å². The van der Waals surface area contributed by atoms with Crippen LogP contribution in [0.25, 0.3) is 0 Å². The lowest BCUT2D eigenvalue weighted by Crippen LogP contribution is -2.15. The molecule has 0 aliphatic heterocycles. The Kier molecular flexibility index (Phi) is 74.8. The third kappa shape index (κ3) is 85.0. The van der Waals surface area contributed by atoms with E-state index in [-0.39, 0.29) is 79.3 Å². The number of carbonyl (C=O) groups is 1. The molecular weight excluding hydrogens is 656 g/mol. The smallest absolute Gasteiger partial charge is 0.303 e. The van der Waals surface area contributed by atoms with Gasteiger partial charge in [-0.2, -0.15) is 0 Å². The standard InChI is InChI=1S/C10H20O2.6C3H8O3/c1-2-3-4-5-6-7-8-9-10(11)12;6*4-1-3(6)2-5/h2-9H2,1H3,(H,11,12);6*3-6H,1-2H2. The first kappa shape index (κ1) is 61.9. The van der Waals surface area contributed by atoms with E-state index in [0.29, 0.717) is 6.42 Å². The lowest BCUT2D eigenvalue weighted by Gasteiger charge is -1.98. The van der Waals surface area contributed by atoms with Crippen molar-refractivity contribution in [3.8, 4) is 0 Å². The minimum Gasteiger partial charge on any atom is -0.481 e. The van der Waals surface area contributed by atoms with Crippen LogP contribution >= 0.6 is 0 Å². The molecule has 0 spiro atoms. The number of rotatable bonds is 20. The predicted molar refractivity (Wildman–Crippen MR) is 171 cm³/mol. The lowest BCUT2D eigenvalue weighted by molar-refractivity contribution is -0.137. The van der Waals surface area contributed by atoms with Gasteiger partial charge in [0.25, 0.3) is 0 Å². The van der Waals surface area contributed by atoms with Gasteiger partial charge in [0.1, 0.15) is 36.6 Å². The van der Waals surface area contributed by atoms with Crippen LogP contribution in [-0.2, 0) is 4.79 Å². The Morgan fingerprint density at radius 1 is 0.354 bits per heavy atom. The fraction of sp³-hybridized carbons (Fsp3) is 0.964. The minimum atomic E-state index is -0.954. The molecule has 0 atom stereocenters. The number of carboxylic acid groups (broad SMARTS) is 1. The molecule has 19 N–H and O–H groups in total. The van der Waals surface area contributed by atoms with E-state index in [2.05, 4.69) is 6.92 Å². The van der Waals surface area contributed by atoms with Crippen LogP contribution in [0.5, 0.6) is 0 Å². The summed E-state index contributed by atoms with van der Waals surface area (Å²) in [5.41, 5.74) is 0. The van der Waals surface area contributed by atoms with Gasteiger partial charge in [-0.15, -0.1) is 0 Å². The SMILES string of the molecule is CCCCCCCCCC(=O)O.OCC(O)CO.OCC(O)CO.OCC(O)CO.OCC(O)CO.OCC(O)CO.OCC(O)CO. The Morgan fingerprint density at radius 2 is 0.521 bits per heavy atom. The Bertz CT molecular complexity index is 422. The first-order chi connectivity index (χ1) is 22.6. The Morgan fingerprint density at radius 3 is 0.646 bits per heavy atom. The summed E-state index contributed by atoms with van der Waals surface area (Å²) in [5, 5.41) is 152. The molecule has 48 heavy (non-hydrogen) atoms. The molecule has 300 valence electrons. The van der Waals surface area contributed by atoms with Gasteiger partial charge >= 0.3 is 5.97 Å². The van der Waals surface area contributed by atoms with Crippen molar-refractivity contribution in [2.24, 2.45) is 0 Å². The van der Waals surface area contributed by atoms with Crippen molar-refractivity contribution in [2.75, 3.05) is 79.3 Å². The highest BCUT2D eigenvalue weighted by atomic mass is 16.4. The largest absolute Gasteiger partial charge is 0.481 e. The van der Waals surface area contributed by atoms with E-state index in [4.69, 9.17) is 97.0 Å². The van der Waals surface area contributed by atoms with Crippen molar-refractivity contribution >= 4 is 5.97 Å². The molecule has 0 aromatic carbocycles. The molecule has 0 aromatic rings. The molecule has 20 heteroatoms. The molecular formula is C28H68O20. The fourth-order valence-electron chi connectivity index (χ4n) is 1.58. The summed E-state index contributed by atoms with van der Waals surface area (Å²) in [6.07, 6.45) is 2.92. The number of aliphatic carboxylic acids is 1. The Hall–Kier alpha value is -1.25. The first-order valence-corrected chi connectivity index (χ1v) is 15.2. The second kappa shape index (κ2) is 58.0. The van der Waals surface area contributed by atoms with Crippen molar-refractivity contribution in [3.05, 3.63) is 0 Å². The van der Waals surface area contributed by atoms with Crippen LogP contribution in [0, 0.1) is 0 Å². The minimum absolute atomic E-state index is 0.341. The molecule has 0 aliphatic carbocycles. The molecule has 0 heterocycles. The van der Waals surface area contributed by atoms with E-state index in [9.17, 15) is 4.79 Å². The van der Waals surface area contributed by atoms with Crippen molar-refractivity contribution in [1.82, 2.24) is 0 Å². The number of unbranched alkanes of at least 4 members (excludes halogenated alkanes) is 6. The summed E-state index contributed by atoms with van der Waals surface area (Å²) < 4.78 is 0. The van der Waals surface area contributed by atoms with Crippen molar-refractivity contribution in [1.29, 1.82) is 0 Å². The van der Waals surface area contributed by atoms with Crippen LogP contribution in [0.2, 0.25) is 0 Å². The molecule has 0 rings (SSSR count). The second-order valence-electron chi connectivity index (χ2n) is 9.38. The maximum atomic E-state index is 10.1. The average Bonchev–Trinajstić information content (AvgIpc) is 3.13. The zero-order chi connectivity index (χ0) is 39.2. The van der Waals surface area contributed by atoms with E-state index in [1.807, 2.05) is 0 Å². The molecule has 20 nitrogen and oxygen atoms in total. The van der Waals surface area contributed by atoms with Gasteiger partial charge in [-0.1, -0.05) is 45.4 Å². The van der Waals surface area contributed by atoms with Gasteiger partial charge in [-0.25, -0.2) is 0 Å². The van der Waals surface area contributed by atoms with Gasteiger partial charge in [0.05, 0.1) is 79.3 Å². The lowest BCUT2D eigenvalue weighted by atomic mass is 10.1. The average molecular weight is 725 g/mol. The summed E-state index contributed by atoms with van der Waals surface area (Å²) in [4.78, 5) is 10.1. The van der Waals surface area contributed by atoms with Gasteiger partial charge in [0.15, 0.2) is 0 Å². The highest BCUT2D eigenvalue weighted by Crippen LogP contribution is 2.07. The Balaban J connectivity index is -0.0000000836. The highest BCUT2D eigenvalue weighted by Gasteiger charge is 1.97. The number of hydrogen-bond donors (Lipinski definition) is 19. The maximum Gasteiger partial charge on any atom is 0.303 e. The summed E-state index contributed by atoms with van der Waals surface area (Å²) in [6, 6.07) is 0. The third-order valence-electron chi connectivity index (χ3n) is 4.52. The zero-order valence-corrected chi connectivity index (χ0v) is 28.0. The fourth-order valence-corrected chi connectivity index (χ4v) is 1.58. The number of carboxylic acids is 1. The van der Waals surface area contributed by atoms with Crippen molar-refractivity contribution in [3.63, 3.8) is 0 Å². The summed E-state index contributed by atoms with van der Waals surface area (Å²) >= 11 is 0. The third-order valence-corrected chi connectivity index (χ3v) is 4.52. The van der Waals surface area contributed by atoms with Gasteiger partial charge in [-0.05, 0) is 6.42 Å². The quantitative estimate of drug-likeness (QED) is 0.0519. The van der Waals surface area contributed by atoms with E-state index < -0.39 is 42.6 Å². The number of aliphatic hydroxyl groups is 18. The normalized spacial score (nSPS) is 10.0. The van der Waals surface area contributed by atoms with Gasteiger partial charge in [0, 0.05) is 6.42 Å². The van der Waals surface area contributed by atoms with E-state index >= 15 is 0 Å². The van der Waals surface area contributed by atoms with Crippen LogP contribution in [0.1, 0.15) is 58.3 Å². The summed E-state index contributed by atoms with van der Waals surface area (Å²) in [7, 11) is 0. The van der Waals surface area contributed by atoms with Crippen LogP contribution < -0.4 is 0 Å². The van der Waals surface area contributed by atoms with Gasteiger partial charge in [-0.3, -0.25) is 4.79 Å². The molecule has 0 aromatic heterocycles. The Labute approximate surface area is 282 Å². The zero-order valence-electron chi connectivity index (χ0n) is 28.0. The predicted octanol–water partition coefficient (Wildman–Crippen LogP) is -6.80. The summed E-state index contributed by atoms with van der Waals surface area (Å²) in [6.45, 7) is -2.18. The van der Waals surface area contributed by atoms with Crippen molar-refractivity contribution in [2.45, 2.75) is 94.9 Å². The van der Waals surface area contributed by atoms with Gasteiger partial charge < -0.3 is 97.0 Å². The molecule has 0 amide bonds. The van der Waals surface area contributed by atoms with Crippen LogP contribution in [0.15, 0.2) is 0 Å². The van der Waals surface area contributed by atoms with Crippen molar-refractivity contribution < 1.29 is 102 Å². The first-order valence-electron chi connectivity index (χ1n) is 15.2. The molecule has 0 aliphatic rings. The molecule has 0 saturated heterocycles. The molecule has 0 saturated carbocycles. The molecule has 0 radical (unpaired) electrons. The van der Waals surface area contributed by atoms with E-state index in [1.165, 1.54) is 32.1 Å².